The molecule has 0 bridgehead atoms. The fraction of sp³-hybridized carbons (Fsp3) is 0.238. The molecule has 0 saturated carbocycles. The van der Waals surface area contributed by atoms with Crippen molar-refractivity contribution in [3.05, 3.63) is 72.3 Å². The number of benzene rings is 2. The highest BCUT2D eigenvalue weighted by Gasteiger charge is 2.28. The molecule has 0 unspecified atom stereocenters. The second-order valence-electron chi connectivity index (χ2n) is 6.85. The predicted molar refractivity (Wildman–Crippen MR) is 110 cm³/mol. The van der Waals surface area contributed by atoms with Gasteiger partial charge in [-0.2, -0.15) is 4.31 Å². The fourth-order valence-corrected chi connectivity index (χ4v) is 4.70. The Bertz CT molecular complexity index is 1030. The molecule has 3 aromatic rings. The van der Waals surface area contributed by atoms with Gasteiger partial charge in [-0.05, 0) is 31.2 Å². The van der Waals surface area contributed by atoms with Gasteiger partial charge in [-0.1, -0.05) is 48.0 Å². The van der Waals surface area contributed by atoms with Crippen molar-refractivity contribution >= 4 is 15.8 Å². The number of anilines is 1. The normalized spacial score (nSPS) is 15.5. The van der Waals surface area contributed by atoms with Crippen LogP contribution in [0.15, 0.2) is 71.6 Å². The largest absolute Gasteiger partial charge is 0.352 e. The molecule has 0 atom stereocenters. The Hall–Kier alpha value is -2.77. The summed E-state index contributed by atoms with van der Waals surface area (Å²) in [7, 11) is -3.46. The van der Waals surface area contributed by atoms with Crippen molar-refractivity contribution in [3.8, 4) is 11.3 Å². The predicted octanol–water partition coefficient (Wildman–Crippen LogP) is 2.96. The van der Waals surface area contributed by atoms with Gasteiger partial charge in [-0.15, -0.1) is 10.2 Å². The molecule has 1 aliphatic rings. The molecule has 1 aromatic heterocycles. The number of hydrogen-bond acceptors (Lipinski definition) is 5. The van der Waals surface area contributed by atoms with Crippen LogP contribution in [0.5, 0.6) is 0 Å². The summed E-state index contributed by atoms with van der Waals surface area (Å²) >= 11 is 0. The number of sulfonamides is 1. The van der Waals surface area contributed by atoms with Crippen LogP contribution in [0, 0.1) is 6.92 Å². The topological polar surface area (TPSA) is 66.4 Å². The third-order valence-corrected chi connectivity index (χ3v) is 6.85. The van der Waals surface area contributed by atoms with E-state index in [9.17, 15) is 8.42 Å². The minimum atomic E-state index is -3.46. The van der Waals surface area contributed by atoms with E-state index in [1.54, 1.807) is 16.4 Å². The van der Waals surface area contributed by atoms with Crippen LogP contribution < -0.4 is 4.90 Å². The quantitative estimate of drug-likeness (QED) is 0.681. The van der Waals surface area contributed by atoms with Crippen LogP contribution in [0.1, 0.15) is 5.56 Å². The fourth-order valence-electron chi connectivity index (χ4n) is 3.27. The number of piperazine rings is 1. The van der Waals surface area contributed by atoms with Crippen LogP contribution in [-0.2, 0) is 10.0 Å². The maximum absolute atomic E-state index is 12.8. The molecule has 0 amide bonds. The van der Waals surface area contributed by atoms with Gasteiger partial charge in [-0.3, -0.25) is 0 Å². The molecule has 0 aliphatic carbocycles. The Morgan fingerprint density at radius 2 is 1.46 bits per heavy atom. The van der Waals surface area contributed by atoms with Gasteiger partial charge >= 0.3 is 0 Å². The van der Waals surface area contributed by atoms with Crippen molar-refractivity contribution in [3.63, 3.8) is 0 Å². The minimum absolute atomic E-state index is 0.346. The van der Waals surface area contributed by atoms with Gasteiger partial charge in [0, 0.05) is 31.7 Å². The summed E-state index contributed by atoms with van der Waals surface area (Å²) in [5.74, 6) is 0.770. The van der Waals surface area contributed by atoms with Gasteiger partial charge in [0.15, 0.2) is 5.82 Å². The molecule has 2 heterocycles. The van der Waals surface area contributed by atoms with Crippen LogP contribution in [0.3, 0.4) is 0 Å². The van der Waals surface area contributed by atoms with Crippen molar-refractivity contribution < 1.29 is 8.42 Å². The molecule has 1 fully saturated rings. The summed E-state index contributed by atoms with van der Waals surface area (Å²) in [6.45, 7) is 3.98. The van der Waals surface area contributed by atoms with Crippen molar-refractivity contribution in [2.45, 2.75) is 11.8 Å². The van der Waals surface area contributed by atoms with E-state index in [1.165, 1.54) is 0 Å². The van der Waals surface area contributed by atoms with Crippen LogP contribution in [0.25, 0.3) is 11.3 Å². The molecule has 0 spiro atoms. The number of aryl methyl sites for hydroxylation is 1. The van der Waals surface area contributed by atoms with Crippen molar-refractivity contribution in [1.82, 2.24) is 14.5 Å². The average Bonchev–Trinajstić information content (AvgIpc) is 2.75. The monoisotopic (exact) mass is 394 g/mol. The summed E-state index contributed by atoms with van der Waals surface area (Å²) in [5, 5.41) is 8.67. The lowest BCUT2D eigenvalue weighted by Gasteiger charge is -2.34. The Balaban J connectivity index is 1.43. The maximum Gasteiger partial charge on any atom is 0.243 e. The molecule has 6 nitrogen and oxygen atoms in total. The summed E-state index contributed by atoms with van der Waals surface area (Å²) in [4.78, 5) is 2.42. The lowest BCUT2D eigenvalue weighted by atomic mass is 10.1. The molecule has 28 heavy (non-hydrogen) atoms. The van der Waals surface area contributed by atoms with E-state index in [0.29, 0.717) is 31.1 Å². The Kier molecular flexibility index (Phi) is 5.11. The average molecular weight is 395 g/mol. The molecule has 2 aromatic carbocycles. The minimum Gasteiger partial charge on any atom is -0.352 e. The summed E-state index contributed by atoms with van der Waals surface area (Å²) in [5.41, 5.74) is 2.89. The lowest BCUT2D eigenvalue weighted by Crippen LogP contribution is -2.49. The van der Waals surface area contributed by atoms with Crippen molar-refractivity contribution in [2.75, 3.05) is 31.1 Å². The zero-order chi connectivity index (χ0) is 19.6. The number of aromatic nitrogens is 2. The first-order valence-corrected chi connectivity index (χ1v) is 10.7. The number of hydrogen-bond donors (Lipinski definition) is 0. The van der Waals surface area contributed by atoms with Gasteiger partial charge in [0.25, 0.3) is 0 Å². The first-order chi connectivity index (χ1) is 13.5. The molecule has 1 saturated heterocycles. The summed E-state index contributed by atoms with van der Waals surface area (Å²) < 4.78 is 27.2. The Labute approximate surface area is 165 Å². The maximum atomic E-state index is 12.8. The molecule has 0 radical (unpaired) electrons. The number of rotatable bonds is 4. The summed E-state index contributed by atoms with van der Waals surface area (Å²) in [6.07, 6.45) is 0. The van der Waals surface area contributed by atoms with E-state index < -0.39 is 10.0 Å². The van der Waals surface area contributed by atoms with E-state index in [2.05, 4.69) is 15.1 Å². The SMILES string of the molecule is Cc1ccc(S(=O)(=O)N2CCN(c3ccc(-c4ccccc4)nn3)CC2)cc1. The molecule has 4 rings (SSSR count). The second kappa shape index (κ2) is 7.69. The van der Waals surface area contributed by atoms with E-state index in [0.717, 1.165) is 22.6 Å². The van der Waals surface area contributed by atoms with Crippen LogP contribution >= 0.6 is 0 Å². The molecule has 144 valence electrons. The molecule has 7 heteroatoms. The van der Waals surface area contributed by atoms with Crippen molar-refractivity contribution in [1.29, 1.82) is 0 Å². The van der Waals surface area contributed by atoms with Gasteiger partial charge in [0.05, 0.1) is 10.6 Å². The lowest BCUT2D eigenvalue weighted by molar-refractivity contribution is 0.383. The first kappa shape index (κ1) is 18.6. The zero-order valence-electron chi connectivity index (χ0n) is 15.7. The molecular weight excluding hydrogens is 372 g/mol. The highest BCUT2D eigenvalue weighted by atomic mass is 32.2. The Morgan fingerprint density at radius 3 is 2.07 bits per heavy atom. The van der Waals surface area contributed by atoms with Crippen LogP contribution in [0.2, 0.25) is 0 Å². The van der Waals surface area contributed by atoms with E-state index in [-0.39, 0.29) is 0 Å². The van der Waals surface area contributed by atoms with Crippen molar-refractivity contribution in [2.24, 2.45) is 0 Å². The first-order valence-electron chi connectivity index (χ1n) is 9.25. The molecule has 1 aliphatic heterocycles. The van der Waals surface area contributed by atoms with Gasteiger partial charge in [0.1, 0.15) is 0 Å². The standard InChI is InChI=1S/C21H22N4O2S/c1-17-7-9-19(10-8-17)28(26,27)25-15-13-24(14-16-25)21-12-11-20(22-23-21)18-5-3-2-4-6-18/h2-12H,13-16H2,1H3. The third kappa shape index (κ3) is 3.76. The Morgan fingerprint density at radius 1 is 0.786 bits per heavy atom. The van der Waals surface area contributed by atoms with Crippen LogP contribution in [-0.4, -0.2) is 49.1 Å². The van der Waals surface area contributed by atoms with Crippen LogP contribution in [0.4, 0.5) is 5.82 Å². The zero-order valence-corrected chi connectivity index (χ0v) is 16.5. The van der Waals surface area contributed by atoms with E-state index in [4.69, 9.17) is 0 Å². The highest BCUT2D eigenvalue weighted by molar-refractivity contribution is 7.89. The third-order valence-electron chi connectivity index (χ3n) is 4.94. The molecule has 0 N–H and O–H groups in total. The smallest absolute Gasteiger partial charge is 0.243 e. The second-order valence-corrected chi connectivity index (χ2v) is 8.78. The van der Waals surface area contributed by atoms with Gasteiger partial charge in [-0.25, -0.2) is 8.42 Å². The van der Waals surface area contributed by atoms with Gasteiger partial charge < -0.3 is 4.90 Å². The summed E-state index contributed by atoms with van der Waals surface area (Å²) in [6, 6.07) is 20.8. The highest BCUT2D eigenvalue weighted by Crippen LogP contribution is 2.22. The van der Waals surface area contributed by atoms with Gasteiger partial charge in [0.2, 0.25) is 10.0 Å². The van der Waals surface area contributed by atoms with E-state index in [1.807, 2.05) is 61.5 Å². The molecular formula is C21H22N4O2S. The number of nitrogens with zero attached hydrogens (tertiary/aromatic N) is 4. The van der Waals surface area contributed by atoms with E-state index >= 15 is 0 Å².